The first kappa shape index (κ1) is 18.4. The van der Waals surface area contributed by atoms with Crippen molar-refractivity contribution in [2.45, 2.75) is 13.2 Å². The summed E-state index contributed by atoms with van der Waals surface area (Å²) in [5.41, 5.74) is 1.63. The lowest BCUT2D eigenvalue weighted by Gasteiger charge is -2.15. The second-order valence-electron chi connectivity index (χ2n) is 4.99. The van der Waals surface area contributed by atoms with Gasteiger partial charge in [-0.2, -0.15) is 0 Å². The lowest BCUT2D eigenvalue weighted by atomic mass is 10.2. The van der Waals surface area contributed by atoms with Crippen LogP contribution in [-0.2, 0) is 17.9 Å². The van der Waals surface area contributed by atoms with Crippen LogP contribution in [0.15, 0.2) is 36.4 Å². The van der Waals surface area contributed by atoms with Gasteiger partial charge in [-0.05, 0) is 23.8 Å². The molecule has 2 rings (SSSR count). The van der Waals surface area contributed by atoms with E-state index < -0.39 is 5.97 Å². The Labute approximate surface area is 150 Å². The Bertz CT molecular complexity index is 722. The molecule has 0 heterocycles. The van der Waals surface area contributed by atoms with Crippen molar-refractivity contribution < 1.29 is 19.4 Å². The van der Waals surface area contributed by atoms with E-state index in [4.69, 9.17) is 37.8 Å². The van der Waals surface area contributed by atoms with Gasteiger partial charge in [0.25, 0.3) is 0 Å². The molecule has 5 nitrogen and oxygen atoms in total. The van der Waals surface area contributed by atoms with Crippen molar-refractivity contribution in [2.24, 2.45) is 0 Å². The number of halogens is 2. The molecule has 0 saturated heterocycles. The lowest BCUT2D eigenvalue weighted by Crippen LogP contribution is -2.21. The molecular formula is C17H17Cl2NO4. The van der Waals surface area contributed by atoms with Gasteiger partial charge >= 0.3 is 5.97 Å². The molecule has 0 atom stereocenters. The average Bonchev–Trinajstić information content (AvgIpc) is 2.54. The van der Waals surface area contributed by atoms with Gasteiger partial charge in [-0.25, -0.2) is 0 Å². The van der Waals surface area contributed by atoms with Crippen LogP contribution in [0.5, 0.6) is 11.5 Å². The predicted molar refractivity (Wildman–Crippen MR) is 93.1 cm³/mol. The maximum atomic E-state index is 10.5. The first-order chi connectivity index (χ1) is 11.5. The van der Waals surface area contributed by atoms with Crippen molar-refractivity contribution in [1.29, 1.82) is 0 Å². The van der Waals surface area contributed by atoms with Crippen molar-refractivity contribution in [3.63, 3.8) is 0 Å². The number of carboxylic acid groups (broad SMARTS) is 1. The second-order valence-corrected chi connectivity index (χ2v) is 5.80. The molecule has 0 unspecified atom stereocenters. The van der Waals surface area contributed by atoms with Gasteiger partial charge in [0.1, 0.15) is 6.61 Å². The Hall–Kier alpha value is -1.95. The minimum Gasteiger partial charge on any atom is -0.493 e. The van der Waals surface area contributed by atoms with Crippen LogP contribution in [0, 0.1) is 0 Å². The van der Waals surface area contributed by atoms with Gasteiger partial charge in [-0.15, -0.1) is 0 Å². The molecule has 24 heavy (non-hydrogen) atoms. The first-order valence-corrected chi connectivity index (χ1v) is 7.92. The van der Waals surface area contributed by atoms with Crippen LogP contribution < -0.4 is 14.8 Å². The summed E-state index contributed by atoms with van der Waals surface area (Å²) < 4.78 is 11.1. The van der Waals surface area contributed by atoms with E-state index in [9.17, 15) is 4.79 Å². The third-order valence-electron chi connectivity index (χ3n) is 3.22. The van der Waals surface area contributed by atoms with Crippen molar-refractivity contribution in [3.05, 3.63) is 57.6 Å². The van der Waals surface area contributed by atoms with Crippen LogP contribution in [0.4, 0.5) is 0 Å². The summed E-state index contributed by atoms with van der Waals surface area (Å²) in [5, 5.41) is 12.4. The number of ether oxygens (including phenoxy) is 2. The highest BCUT2D eigenvalue weighted by molar-refractivity contribution is 6.32. The summed E-state index contributed by atoms with van der Waals surface area (Å²) in [6, 6.07) is 10.8. The third-order valence-corrected chi connectivity index (χ3v) is 3.87. The normalized spacial score (nSPS) is 10.5. The van der Waals surface area contributed by atoms with E-state index in [-0.39, 0.29) is 13.2 Å². The van der Waals surface area contributed by atoms with E-state index in [0.29, 0.717) is 28.1 Å². The van der Waals surface area contributed by atoms with Crippen molar-refractivity contribution in [3.8, 4) is 11.5 Å². The zero-order chi connectivity index (χ0) is 17.5. The molecule has 0 fully saturated rings. The molecule has 2 aromatic carbocycles. The fraction of sp³-hybridized carbons (Fsp3) is 0.235. The second kappa shape index (κ2) is 8.78. The van der Waals surface area contributed by atoms with Gasteiger partial charge < -0.3 is 19.9 Å². The fourth-order valence-electron chi connectivity index (χ4n) is 2.09. The van der Waals surface area contributed by atoms with Crippen molar-refractivity contribution >= 4 is 29.2 Å². The molecule has 2 aromatic rings. The third kappa shape index (κ3) is 5.03. The highest BCUT2D eigenvalue weighted by Gasteiger charge is 2.13. The van der Waals surface area contributed by atoms with Gasteiger partial charge in [0, 0.05) is 17.1 Å². The summed E-state index contributed by atoms with van der Waals surface area (Å²) >= 11 is 12.4. The first-order valence-electron chi connectivity index (χ1n) is 7.16. The Balaban J connectivity index is 2.12. The molecule has 0 aliphatic heterocycles. The molecule has 0 bridgehead atoms. The molecule has 0 amide bonds. The number of rotatable bonds is 8. The largest absolute Gasteiger partial charge is 0.493 e. The Morgan fingerprint density at radius 2 is 1.96 bits per heavy atom. The highest BCUT2D eigenvalue weighted by Crippen LogP contribution is 2.37. The SMILES string of the molecule is COc1cc(CNCC(=O)O)cc(Cl)c1OCc1ccccc1Cl. The molecular weight excluding hydrogens is 353 g/mol. The zero-order valence-electron chi connectivity index (χ0n) is 13.0. The maximum Gasteiger partial charge on any atom is 0.317 e. The van der Waals surface area contributed by atoms with E-state index in [1.165, 1.54) is 7.11 Å². The van der Waals surface area contributed by atoms with E-state index in [2.05, 4.69) is 5.32 Å². The van der Waals surface area contributed by atoms with Gasteiger partial charge in [-0.3, -0.25) is 4.79 Å². The average molecular weight is 370 g/mol. The summed E-state index contributed by atoms with van der Waals surface area (Å²) in [7, 11) is 1.52. The number of methoxy groups -OCH3 is 1. The number of aliphatic carboxylic acids is 1. The van der Waals surface area contributed by atoms with Crippen LogP contribution in [0.25, 0.3) is 0 Å². The molecule has 0 aliphatic carbocycles. The van der Waals surface area contributed by atoms with E-state index in [1.807, 2.05) is 18.2 Å². The summed E-state index contributed by atoms with van der Waals surface area (Å²) in [4.78, 5) is 10.5. The molecule has 2 N–H and O–H groups in total. The number of hydrogen-bond acceptors (Lipinski definition) is 4. The van der Waals surface area contributed by atoms with Gasteiger partial charge in [0.2, 0.25) is 0 Å². The number of hydrogen-bond donors (Lipinski definition) is 2. The van der Waals surface area contributed by atoms with Crippen molar-refractivity contribution in [2.75, 3.05) is 13.7 Å². The van der Waals surface area contributed by atoms with E-state index >= 15 is 0 Å². The Morgan fingerprint density at radius 1 is 1.21 bits per heavy atom. The molecule has 0 saturated carbocycles. The quantitative estimate of drug-likeness (QED) is 0.741. The number of benzene rings is 2. The van der Waals surface area contributed by atoms with Crippen molar-refractivity contribution in [1.82, 2.24) is 5.32 Å². The number of carboxylic acids is 1. The van der Waals surface area contributed by atoms with Gasteiger partial charge in [-0.1, -0.05) is 41.4 Å². The van der Waals surface area contributed by atoms with Crippen LogP contribution in [0.2, 0.25) is 10.0 Å². The lowest BCUT2D eigenvalue weighted by molar-refractivity contribution is -0.135. The van der Waals surface area contributed by atoms with E-state index in [0.717, 1.165) is 11.1 Å². The van der Waals surface area contributed by atoms with Crippen LogP contribution >= 0.6 is 23.2 Å². The van der Waals surface area contributed by atoms with Crippen LogP contribution in [-0.4, -0.2) is 24.7 Å². The summed E-state index contributed by atoms with van der Waals surface area (Å²) in [6.45, 7) is 0.476. The summed E-state index contributed by atoms with van der Waals surface area (Å²) in [5.74, 6) is -0.0319. The van der Waals surface area contributed by atoms with Crippen LogP contribution in [0.1, 0.15) is 11.1 Å². The van der Waals surface area contributed by atoms with Gasteiger partial charge in [0.05, 0.1) is 18.7 Å². The minimum atomic E-state index is -0.923. The number of nitrogens with one attached hydrogen (secondary N) is 1. The monoisotopic (exact) mass is 369 g/mol. The fourth-order valence-corrected chi connectivity index (χ4v) is 2.57. The minimum absolute atomic E-state index is 0.134. The molecule has 0 aliphatic rings. The Morgan fingerprint density at radius 3 is 2.62 bits per heavy atom. The Kier molecular flexibility index (Phi) is 6.73. The topological polar surface area (TPSA) is 67.8 Å². The standard InChI is InChI=1S/C17H17Cl2NO4/c1-23-15-7-11(8-20-9-16(21)22)6-14(19)17(15)24-10-12-4-2-3-5-13(12)18/h2-7,20H,8-10H2,1H3,(H,21,22). The smallest absolute Gasteiger partial charge is 0.317 e. The van der Waals surface area contributed by atoms with E-state index in [1.54, 1.807) is 18.2 Å². The highest BCUT2D eigenvalue weighted by atomic mass is 35.5. The van der Waals surface area contributed by atoms with Gasteiger partial charge in [0.15, 0.2) is 11.5 Å². The van der Waals surface area contributed by atoms with Crippen LogP contribution in [0.3, 0.4) is 0 Å². The number of carbonyl (C=O) groups is 1. The molecule has 7 heteroatoms. The maximum absolute atomic E-state index is 10.5. The molecule has 128 valence electrons. The molecule has 0 radical (unpaired) electrons. The molecule has 0 aromatic heterocycles. The zero-order valence-corrected chi connectivity index (χ0v) is 14.5. The summed E-state index contributed by atoms with van der Waals surface area (Å²) in [6.07, 6.45) is 0. The predicted octanol–water partition coefficient (Wildman–Crippen LogP) is 3.76. The molecule has 0 spiro atoms.